The number of aryl methyl sites for hydroxylation is 1. The Kier molecular flexibility index (Phi) is 4.50. The van der Waals surface area contributed by atoms with Crippen molar-refractivity contribution >= 4 is 37.5 Å². The van der Waals surface area contributed by atoms with Gasteiger partial charge < -0.3 is 9.26 Å². The Hall–Kier alpha value is -2.25. The monoisotopic (exact) mass is 415 g/mol. The third-order valence-corrected chi connectivity index (χ3v) is 5.46. The molecule has 4 aromatic rings. The van der Waals surface area contributed by atoms with Crippen molar-refractivity contribution in [2.24, 2.45) is 0 Å². The molecule has 0 radical (unpaired) electrons. The van der Waals surface area contributed by atoms with Crippen LogP contribution in [0.2, 0.25) is 0 Å². The molecule has 0 aliphatic heterocycles. The lowest BCUT2D eigenvalue weighted by Crippen LogP contribution is -1.96. The Bertz CT molecular complexity index is 1010. The molecule has 4 rings (SSSR count). The molecule has 126 valence electrons. The van der Waals surface area contributed by atoms with Gasteiger partial charge in [0.05, 0.1) is 5.39 Å². The van der Waals surface area contributed by atoms with Crippen LogP contribution < -0.4 is 4.74 Å². The molecule has 3 aromatic heterocycles. The lowest BCUT2D eigenvalue weighted by molar-refractivity contribution is 0.244. The van der Waals surface area contributed by atoms with Gasteiger partial charge in [-0.1, -0.05) is 40.1 Å². The summed E-state index contributed by atoms with van der Waals surface area (Å²) < 4.78 is 12.3. The molecule has 3 heterocycles. The molecule has 0 saturated heterocycles. The molecule has 0 unspecified atom stereocenters. The number of nitrogens with zero attached hydrogens (tertiary/aromatic N) is 3. The van der Waals surface area contributed by atoms with Crippen LogP contribution >= 0.6 is 27.3 Å². The van der Waals surface area contributed by atoms with Gasteiger partial charge in [0.25, 0.3) is 0 Å². The van der Waals surface area contributed by atoms with Crippen LogP contribution in [0.4, 0.5) is 0 Å². The zero-order chi connectivity index (χ0) is 17.2. The number of rotatable bonds is 5. The summed E-state index contributed by atoms with van der Waals surface area (Å²) in [5, 5.41) is 5.05. The summed E-state index contributed by atoms with van der Waals surface area (Å²) in [5.74, 6) is 1.22. The van der Waals surface area contributed by atoms with E-state index in [0.717, 1.165) is 32.4 Å². The van der Waals surface area contributed by atoms with Crippen LogP contribution in [0.15, 0.2) is 51.7 Å². The Labute approximate surface area is 156 Å². The zero-order valence-corrected chi connectivity index (χ0v) is 15.8. The second kappa shape index (κ2) is 6.93. The lowest BCUT2D eigenvalue weighted by Gasteiger charge is -2.02. The van der Waals surface area contributed by atoms with Crippen LogP contribution in [-0.4, -0.2) is 15.1 Å². The fourth-order valence-corrected chi connectivity index (χ4v) is 3.64. The number of hydrogen-bond donors (Lipinski definition) is 0. The van der Waals surface area contributed by atoms with Gasteiger partial charge in [0.2, 0.25) is 5.88 Å². The van der Waals surface area contributed by atoms with Crippen LogP contribution in [-0.2, 0) is 13.0 Å². The first kappa shape index (κ1) is 16.2. The number of benzene rings is 1. The number of hydrogen-bond acceptors (Lipinski definition) is 6. The number of ether oxygens (including phenoxy) is 1. The summed E-state index contributed by atoms with van der Waals surface area (Å²) in [6.07, 6.45) is 2.50. The first-order valence-corrected chi connectivity index (χ1v) is 9.41. The van der Waals surface area contributed by atoms with Crippen molar-refractivity contribution in [3.63, 3.8) is 0 Å². The predicted octanol–water partition coefficient (Wildman–Crippen LogP) is 5.25. The molecular formula is C18H14BrN3O2S. The average molecular weight is 416 g/mol. The Balaban J connectivity index is 1.52. The fraction of sp³-hybridized carbons (Fsp3) is 0.167. The van der Waals surface area contributed by atoms with E-state index in [2.05, 4.69) is 44.0 Å². The van der Waals surface area contributed by atoms with E-state index < -0.39 is 0 Å². The molecule has 0 saturated carbocycles. The standard InChI is InChI=1S/C18H14BrN3O2S/c1-2-14-8-15-17(20-10-21-18(15)25-14)23-9-13-7-16(22-24-13)11-3-5-12(19)6-4-11/h3-8,10H,2,9H2,1H3. The molecule has 25 heavy (non-hydrogen) atoms. The van der Waals surface area contributed by atoms with Crippen molar-refractivity contribution < 1.29 is 9.26 Å². The van der Waals surface area contributed by atoms with Crippen molar-refractivity contribution in [2.75, 3.05) is 0 Å². The van der Waals surface area contributed by atoms with Crippen molar-refractivity contribution in [3.05, 3.63) is 57.8 Å². The van der Waals surface area contributed by atoms with Gasteiger partial charge in [-0.15, -0.1) is 11.3 Å². The van der Waals surface area contributed by atoms with Crippen LogP contribution in [0.5, 0.6) is 5.88 Å². The smallest absolute Gasteiger partial charge is 0.225 e. The van der Waals surface area contributed by atoms with E-state index in [1.165, 1.54) is 11.2 Å². The topological polar surface area (TPSA) is 61.0 Å². The molecule has 0 fully saturated rings. The predicted molar refractivity (Wildman–Crippen MR) is 101 cm³/mol. The van der Waals surface area contributed by atoms with Gasteiger partial charge in [0.1, 0.15) is 16.9 Å². The quantitative estimate of drug-likeness (QED) is 0.445. The van der Waals surface area contributed by atoms with Crippen molar-refractivity contribution in [2.45, 2.75) is 20.0 Å². The third kappa shape index (κ3) is 3.43. The third-order valence-electron chi connectivity index (χ3n) is 3.74. The molecule has 1 aromatic carbocycles. The van der Waals surface area contributed by atoms with E-state index >= 15 is 0 Å². The van der Waals surface area contributed by atoms with E-state index in [1.54, 1.807) is 11.3 Å². The van der Waals surface area contributed by atoms with Crippen molar-refractivity contribution in [3.8, 4) is 17.1 Å². The number of aromatic nitrogens is 3. The highest BCUT2D eigenvalue weighted by molar-refractivity contribution is 9.10. The maximum absolute atomic E-state index is 5.85. The lowest BCUT2D eigenvalue weighted by atomic mass is 10.1. The normalized spacial score (nSPS) is 11.1. The van der Waals surface area contributed by atoms with Gasteiger partial charge in [0.15, 0.2) is 12.4 Å². The molecule has 0 atom stereocenters. The summed E-state index contributed by atoms with van der Waals surface area (Å²) >= 11 is 5.09. The average Bonchev–Trinajstić information content (AvgIpc) is 3.27. The van der Waals surface area contributed by atoms with E-state index in [0.29, 0.717) is 11.6 Å². The highest BCUT2D eigenvalue weighted by Crippen LogP contribution is 2.30. The van der Waals surface area contributed by atoms with E-state index in [4.69, 9.17) is 9.26 Å². The molecule has 0 N–H and O–H groups in total. The van der Waals surface area contributed by atoms with Gasteiger partial charge in [-0.25, -0.2) is 9.97 Å². The minimum atomic E-state index is 0.271. The summed E-state index contributed by atoms with van der Waals surface area (Å²) in [6.45, 7) is 2.39. The first-order valence-electron chi connectivity index (χ1n) is 7.80. The highest BCUT2D eigenvalue weighted by Gasteiger charge is 2.12. The fourth-order valence-electron chi connectivity index (χ4n) is 2.45. The maximum Gasteiger partial charge on any atom is 0.225 e. The Morgan fingerprint density at radius 3 is 2.80 bits per heavy atom. The largest absolute Gasteiger partial charge is 0.469 e. The summed E-state index contributed by atoms with van der Waals surface area (Å²) in [5.41, 5.74) is 1.77. The van der Waals surface area contributed by atoms with Gasteiger partial charge >= 0.3 is 0 Å². The SMILES string of the molecule is CCc1cc2c(OCc3cc(-c4ccc(Br)cc4)no3)ncnc2s1. The summed E-state index contributed by atoms with van der Waals surface area (Å²) in [7, 11) is 0. The molecule has 0 amide bonds. The molecule has 0 spiro atoms. The maximum atomic E-state index is 5.85. The van der Waals surface area contributed by atoms with Crippen molar-refractivity contribution in [1.82, 2.24) is 15.1 Å². The second-order valence-electron chi connectivity index (χ2n) is 5.44. The van der Waals surface area contributed by atoms with Gasteiger partial charge in [0, 0.05) is 21.0 Å². The van der Waals surface area contributed by atoms with Crippen LogP contribution in [0, 0.1) is 0 Å². The Morgan fingerprint density at radius 1 is 1.16 bits per heavy atom. The zero-order valence-electron chi connectivity index (χ0n) is 13.4. The van der Waals surface area contributed by atoms with Gasteiger partial charge in [-0.05, 0) is 24.6 Å². The minimum Gasteiger partial charge on any atom is -0.469 e. The Morgan fingerprint density at radius 2 is 2.00 bits per heavy atom. The van der Waals surface area contributed by atoms with E-state index in [-0.39, 0.29) is 6.61 Å². The summed E-state index contributed by atoms with van der Waals surface area (Å²) in [4.78, 5) is 10.8. The van der Waals surface area contributed by atoms with Gasteiger partial charge in [-0.2, -0.15) is 0 Å². The van der Waals surface area contributed by atoms with E-state index in [9.17, 15) is 0 Å². The first-order chi connectivity index (χ1) is 12.2. The summed E-state index contributed by atoms with van der Waals surface area (Å²) in [6, 6.07) is 11.9. The van der Waals surface area contributed by atoms with Crippen molar-refractivity contribution in [1.29, 1.82) is 0 Å². The molecule has 0 aliphatic rings. The van der Waals surface area contributed by atoms with Crippen LogP contribution in [0.3, 0.4) is 0 Å². The number of fused-ring (bicyclic) bond motifs is 1. The molecular weight excluding hydrogens is 402 g/mol. The van der Waals surface area contributed by atoms with Crippen LogP contribution in [0.25, 0.3) is 21.5 Å². The molecule has 0 aliphatic carbocycles. The number of thiophene rings is 1. The molecule has 5 nitrogen and oxygen atoms in total. The molecule has 0 bridgehead atoms. The number of halogens is 1. The highest BCUT2D eigenvalue weighted by atomic mass is 79.9. The van der Waals surface area contributed by atoms with Crippen LogP contribution in [0.1, 0.15) is 17.6 Å². The van der Waals surface area contributed by atoms with Gasteiger partial charge in [-0.3, -0.25) is 0 Å². The second-order valence-corrected chi connectivity index (χ2v) is 7.47. The molecule has 7 heteroatoms. The minimum absolute atomic E-state index is 0.271. The van der Waals surface area contributed by atoms with E-state index in [1.807, 2.05) is 30.3 Å².